The van der Waals surface area contributed by atoms with Gasteiger partial charge in [-0.25, -0.2) is 4.79 Å². The van der Waals surface area contributed by atoms with Gasteiger partial charge in [0.05, 0.1) is 10.6 Å². The molecule has 1 N–H and O–H groups in total. The van der Waals surface area contributed by atoms with E-state index in [2.05, 4.69) is 15.4 Å². The third-order valence-electron chi connectivity index (χ3n) is 4.14. The van der Waals surface area contributed by atoms with Crippen molar-refractivity contribution in [1.29, 1.82) is 0 Å². The van der Waals surface area contributed by atoms with Crippen LogP contribution in [-0.4, -0.2) is 28.1 Å². The second-order valence-corrected chi connectivity index (χ2v) is 6.92. The molecule has 1 aliphatic heterocycles. The number of hydrogen-bond donors (Lipinski definition) is 1. The zero-order chi connectivity index (χ0) is 18.9. The molecule has 0 saturated heterocycles. The molecule has 3 aromatic heterocycles. The van der Waals surface area contributed by atoms with E-state index in [0.717, 1.165) is 16.1 Å². The SMILES string of the molecule is O=C(OCc1cc(-c2ccc3c(c2)OCO3)on1)c1cc(-c2cccs2)[nH]n1. The molecular weight excluding hydrogens is 382 g/mol. The van der Waals surface area contributed by atoms with Gasteiger partial charge in [-0.15, -0.1) is 11.3 Å². The summed E-state index contributed by atoms with van der Waals surface area (Å²) in [6.45, 7) is 0.186. The van der Waals surface area contributed by atoms with Crippen molar-refractivity contribution >= 4 is 17.3 Å². The molecule has 1 aliphatic rings. The van der Waals surface area contributed by atoms with E-state index in [-0.39, 0.29) is 19.1 Å². The van der Waals surface area contributed by atoms with E-state index in [4.69, 9.17) is 18.7 Å². The van der Waals surface area contributed by atoms with Crippen molar-refractivity contribution < 1.29 is 23.5 Å². The second kappa shape index (κ2) is 6.86. The maximum absolute atomic E-state index is 12.2. The molecule has 5 rings (SSSR count). The summed E-state index contributed by atoms with van der Waals surface area (Å²) in [5.41, 5.74) is 2.27. The highest BCUT2D eigenvalue weighted by Crippen LogP contribution is 2.36. The van der Waals surface area contributed by atoms with Gasteiger partial charge in [0.1, 0.15) is 12.3 Å². The van der Waals surface area contributed by atoms with E-state index in [9.17, 15) is 4.79 Å². The highest BCUT2D eigenvalue weighted by molar-refractivity contribution is 7.13. The lowest BCUT2D eigenvalue weighted by molar-refractivity contribution is 0.0457. The molecular formula is C19H13N3O5S. The van der Waals surface area contributed by atoms with Gasteiger partial charge < -0.3 is 18.7 Å². The van der Waals surface area contributed by atoms with Crippen LogP contribution in [0.25, 0.3) is 21.9 Å². The molecule has 0 amide bonds. The number of aromatic nitrogens is 3. The number of esters is 1. The summed E-state index contributed by atoms with van der Waals surface area (Å²) < 4.78 is 21.3. The number of nitrogens with one attached hydrogen (secondary N) is 1. The molecule has 4 aromatic rings. The minimum Gasteiger partial charge on any atom is -0.454 e. The third kappa shape index (κ3) is 3.12. The molecule has 8 nitrogen and oxygen atoms in total. The standard InChI is InChI=1S/C19H13N3O5S/c23-19(14-8-13(20-21-14)18-2-1-5-28-18)24-9-12-7-16(27-22-12)11-3-4-15-17(6-11)26-10-25-15/h1-8H,9-10H2,(H,20,21). The summed E-state index contributed by atoms with van der Waals surface area (Å²) >= 11 is 1.56. The summed E-state index contributed by atoms with van der Waals surface area (Å²) in [4.78, 5) is 13.2. The molecule has 0 spiro atoms. The lowest BCUT2D eigenvalue weighted by atomic mass is 10.1. The zero-order valence-corrected chi connectivity index (χ0v) is 15.2. The molecule has 9 heteroatoms. The lowest BCUT2D eigenvalue weighted by Crippen LogP contribution is -2.05. The molecule has 140 valence electrons. The first-order chi connectivity index (χ1) is 13.8. The molecule has 0 bridgehead atoms. The molecule has 0 saturated carbocycles. The van der Waals surface area contributed by atoms with Crippen LogP contribution in [0.1, 0.15) is 16.2 Å². The largest absolute Gasteiger partial charge is 0.454 e. The molecule has 0 unspecified atom stereocenters. The van der Waals surface area contributed by atoms with Crippen LogP contribution in [0.15, 0.2) is 52.4 Å². The highest BCUT2D eigenvalue weighted by atomic mass is 32.1. The highest BCUT2D eigenvalue weighted by Gasteiger charge is 2.17. The Labute approximate surface area is 162 Å². The number of aromatic amines is 1. The fourth-order valence-corrected chi connectivity index (χ4v) is 3.46. The van der Waals surface area contributed by atoms with E-state index in [0.29, 0.717) is 23.0 Å². The molecule has 28 heavy (non-hydrogen) atoms. The first kappa shape index (κ1) is 16.6. The van der Waals surface area contributed by atoms with Crippen molar-refractivity contribution in [2.24, 2.45) is 0 Å². The molecule has 0 atom stereocenters. The van der Waals surface area contributed by atoms with Gasteiger partial charge >= 0.3 is 5.97 Å². The Balaban J connectivity index is 1.24. The monoisotopic (exact) mass is 395 g/mol. The summed E-state index contributed by atoms with van der Waals surface area (Å²) in [6, 6.07) is 12.7. The van der Waals surface area contributed by atoms with Gasteiger partial charge in [0.25, 0.3) is 0 Å². The predicted molar refractivity (Wildman–Crippen MR) is 99.1 cm³/mol. The molecule has 4 heterocycles. The van der Waals surface area contributed by atoms with Crippen molar-refractivity contribution in [3.63, 3.8) is 0 Å². The van der Waals surface area contributed by atoms with Crippen LogP contribution in [-0.2, 0) is 11.3 Å². The molecule has 0 fully saturated rings. The summed E-state index contributed by atoms with van der Waals surface area (Å²) in [7, 11) is 0. The van der Waals surface area contributed by atoms with Gasteiger partial charge in [0.2, 0.25) is 6.79 Å². The topological polar surface area (TPSA) is 99.5 Å². The predicted octanol–water partition coefficient (Wildman–Crippen LogP) is 3.88. The van der Waals surface area contributed by atoms with Gasteiger partial charge in [-0.05, 0) is 35.7 Å². The number of carbonyl (C=O) groups is 1. The molecule has 1 aromatic carbocycles. The van der Waals surface area contributed by atoms with E-state index in [1.54, 1.807) is 23.5 Å². The first-order valence-electron chi connectivity index (χ1n) is 8.38. The Hall–Kier alpha value is -3.59. The number of hydrogen-bond acceptors (Lipinski definition) is 8. The van der Waals surface area contributed by atoms with Crippen LogP contribution in [0.5, 0.6) is 11.5 Å². The summed E-state index contributed by atoms with van der Waals surface area (Å²) in [6.07, 6.45) is 0. The molecule has 0 radical (unpaired) electrons. The van der Waals surface area contributed by atoms with Crippen molar-refractivity contribution in [2.75, 3.05) is 6.79 Å². The Morgan fingerprint density at radius 2 is 2.11 bits per heavy atom. The van der Waals surface area contributed by atoms with Gasteiger partial charge in [-0.2, -0.15) is 5.10 Å². The van der Waals surface area contributed by atoms with Crippen LogP contribution < -0.4 is 9.47 Å². The number of benzene rings is 1. The minimum absolute atomic E-state index is 0.0198. The Morgan fingerprint density at radius 1 is 1.18 bits per heavy atom. The number of H-pyrrole nitrogens is 1. The van der Waals surface area contributed by atoms with E-state index < -0.39 is 5.97 Å². The van der Waals surface area contributed by atoms with Crippen molar-refractivity contribution in [3.05, 3.63) is 59.2 Å². The average molecular weight is 395 g/mol. The van der Waals surface area contributed by atoms with Crippen LogP contribution >= 0.6 is 11.3 Å². The van der Waals surface area contributed by atoms with Crippen LogP contribution in [0.3, 0.4) is 0 Å². The smallest absolute Gasteiger partial charge is 0.359 e. The number of carbonyl (C=O) groups excluding carboxylic acids is 1. The number of nitrogens with zero attached hydrogens (tertiary/aromatic N) is 2. The van der Waals surface area contributed by atoms with Crippen molar-refractivity contribution in [1.82, 2.24) is 15.4 Å². The number of rotatable bonds is 5. The van der Waals surface area contributed by atoms with Crippen molar-refractivity contribution in [3.8, 4) is 33.4 Å². The maximum Gasteiger partial charge on any atom is 0.359 e. The van der Waals surface area contributed by atoms with Crippen LogP contribution in [0.4, 0.5) is 0 Å². The maximum atomic E-state index is 12.2. The summed E-state index contributed by atoms with van der Waals surface area (Å²) in [5.74, 6) is 1.36. The second-order valence-electron chi connectivity index (χ2n) is 5.97. The Morgan fingerprint density at radius 3 is 3.00 bits per heavy atom. The average Bonchev–Trinajstić information content (AvgIpc) is 3.51. The Kier molecular flexibility index (Phi) is 4.06. The van der Waals surface area contributed by atoms with Gasteiger partial charge in [-0.1, -0.05) is 11.2 Å². The van der Waals surface area contributed by atoms with Crippen LogP contribution in [0, 0.1) is 0 Å². The normalized spacial score (nSPS) is 12.3. The fourth-order valence-electron chi connectivity index (χ4n) is 2.76. The number of fused-ring (bicyclic) bond motifs is 1. The third-order valence-corrected chi connectivity index (χ3v) is 5.04. The quantitative estimate of drug-likeness (QED) is 0.512. The van der Waals surface area contributed by atoms with Crippen LogP contribution in [0.2, 0.25) is 0 Å². The fraction of sp³-hybridized carbons (Fsp3) is 0.105. The summed E-state index contributed by atoms with van der Waals surface area (Å²) in [5, 5.41) is 12.7. The minimum atomic E-state index is -0.535. The number of thiophene rings is 1. The van der Waals surface area contributed by atoms with E-state index in [1.165, 1.54) is 0 Å². The number of ether oxygens (including phenoxy) is 3. The van der Waals surface area contributed by atoms with Gasteiger partial charge in [-0.3, -0.25) is 5.10 Å². The van der Waals surface area contributed by atoms with Gasteiger partial charge in [0.15, 0.2) is 23.0 Å². The first-order valence-corrected chi connectivity index (χ1v) is 9.26. The zero-order valence-electron chi connectivity index (χ0n) is 14.4. The Bertz CT molecular complexity index is 1130. The molecule has 0 aliphatic carbocycles. The lowest BCUT2D eigenvalue weighted by Gasteiger charge is -1.99. The van der Waals surface area contributed by atoms with Crippen molar-refractivity contribution in [2.45, 2.75) is 6.61 Å². The van der Waals surface area contributed by atoms with E-state index >= 15 is 0 Å². The van der Waals surface area contributed by atoms with Gasteiger partial charge in [0, 0.05) is 11.6 Å². The van der Waals surface area contributed by atoms with E-state index in [1.807, 2.05) is 35.7 Å².